The maximum atomic E-state index is 12.3. The number of benzene rings is 1. The van der Waals surface area contributed by atoms with Gasteiger partial charge >= 0.3 is 0 Å². The minimum absolute atomic E-state index is 0.137. The standard InChI is InChI=1S/C14H20BrNO/c1-4-6-16(7-5-2)14(17)12-8-11(3)9-13(15)10-12/h8-10H,4-7H2,1-3H3. The summed E-state index contributed by atoms with van der Waals surface area (Å²) < 4.78 is 0.966. The number of halogens is 1. The first-order valence-corrected chi connectivity index (χ1v) is 6.94. The lowest BCUT2D eigenvalue weighted by Gasteiger charge is -2.21. The number of hydrogen-bond donors (Lipinski definition) is 0. The van der Waals surface area contributed by atoms with Crippen LogP contribution in [-0.4, -0.2) is 23.9 Å². The van der Waals surface area contributed by atoms with Crippen molar-refractivity contribution in [3.8, 4) is 0 Å². The highest BCUT2D eigenvalue weighted by molar-refractivity contribution is 9.10. The van der Waals surface area contributed by atoms with Gasteiger partial charge in [-0.2, -0.15) is 0 Å². The van der Waals surface area contributed by atoms with Crippen LogP contribution in [-0.2, 0) is 0 Å². The molecule has 2 nitrogen and oxygen atoms in total. The highest BCUT2D eigenvalue weighted by atomic mass is 79.9. The second kappa shape index (κ2) is 6.80. The summed E-state index contributed by atoms with van der Waals surface area (Å²) in [4.78, 5) is 14.3. The zero-order valence-corrected chi connectivity index (χ0v) is 12.4. The highest BCUT2D eigenvalue weighted by Gasteiger charge is 2.14. The first-order chi connectivity index (χ1) is 8.08. The van der Waals surface area contributed by atoms with Gasteiger partial charge in [0, 0.05) is 23.1 Å². The molecule has 0 saturated carbocycles. The average molecular weight is 298 g/mol. The van der Waals surface area contributed by atoms with Gasteiger partial charge in [0.1, 0.15) is 0 Å². The van der Waals surface area contributed by atoms with Crippen molar-refractivity contribution in [3.63, 3.8) is 0 Å². The summed E-state index contributed by atoms with van der Waals surface area (Å²) >= 11 is 3.44. The molecular weight excluding hydrogens is 278 g/mol. The molecule has 0 N–H and O–H groups in total. The van der Waals surface area contributed by atoms with E-state index in [1.165, 1.54) is 0 Å². The first-order valence-electron chi connectivity index (χ1n) is 6.15. The topological polar surface area (TPSA) is 20.3 Å². The Morgan fingerprint density at radius 2 is 1.76 bits per heavy atom. The van der Waals surface area contributed by atoms with Crippen molar-refractivity contribution in [3.05, 3.63) is 33.8 Å². The summed E-state index contributed by atoms with van der Waals surface area (Å²) in [6, 6.07) is 5.86. The zero-order chi connectivity index (χ0) is 12.8. The quantitative estimate of drug-likeness (QED) is 0.804. The molecule has 0 unspecified atom stereocenters. The summed E-state index contributed by atoms with van der Waals surface area (Å²) in [5.74, 6) is 0.137. The smallest absolute Gasteiger partial charge is 0.253 e. The maximum absolute atomic E-state index is 12.3. The van der Waals surface area contributed by atoms with Crippen LogP contribution in [0.3, 0.4) is 0 Å². The van der Waals surface area contributed by atoms with Crippen LogP contribution >= 0.6 is 15.9 Å². The van der Waals surface area contributed by atoms with Crippen molar-refractivity contribution in [2.45, 2.75) is 33.6 Å². The SMILES string of the molecule is CCCN(CCC)C(=O)c1cc(C)cc(Br)c1. The van der Waals surface area contributed by atoms with Crippen molar-refractivity contribution >= 4 is 21.8 Å². The fourth-order valence-corrected chi connectivity index (χ4v) is 2.50. The van der Waals surface area contributed by atoms with Crippen LogP contribution in [0, 0.1) is 6.92 Å². The van der Waals surface area contributed by atoms with Crippen LogP contribution in [0.4, 0.5) is 0 Å². The molecule has 0 atom stereocenters. The van der Waals surface area contributed by atoms with Crippen LogP contribution < -0.4 is 0 Å². The third-order valence-electron chi connectivity index (χ3n) is 2.56. The van der Waals surface area contributed by atoms with Crippen LogP contribution in [0.1, 0.15) is 42.6 Å². The van der Waals surface area contributed by atoms with Gasteiger partial charge in [0.15, 0.2) is 0 Å². The summed E-state index contributed by atoms with van der Waals surface area (Å²) in [5.41, 5.74) is 1.88. The molecule has 0 aliphatic rings. The highest BCUT2D eigenvalue weighted by Crippen LogP contribution is 2.17. The van der Waals surface area contributed by atoms with Crippen LogP contribution in [0.15, 0.2) is 22.7 Å². The Kier molecular flexibility index (Phi) is 5.69. The van der Waals surface area contributed by atoms with Gasteiger partial charge in [-0.3, -0.25) is 4.79 Å². The Hall–Kier alpha value is -0.830. The molecule has 0 spiro atoms. The number of amides is 1. The third-order valence-corrected chi connectivity index (χ3v) is 3.02. The molecule has 94 valence electrons. The molecule has 17 heavy (non-hydrogen) atoms. The number of carbonyl (C=O) groups is 1. The van der Waals surface area contributed by atoms with E-state index < -0.39 is 0 Å². The van der Waals surface area contributed by atoms with E-state index in [9.17, 15) is 4.79 Å². The summed E-state index contributed by atoms with van der Waals surface area (Å²) in [5, 5.41) is 0. The van der Waals surface area contributed by atoms with Gasteiger partial charge in [0.2, 0.25) is 0 Å². The number of hydrogen-bond acceptors (Lipinski definition) is 1. The van der Waals surface area contributed by atoms with Gasteiger partial charge in [0.25, 0.3) is 5.91 Å². The van der Waals surface area contributed by atoms with E-state index >= 15 is 0 Å². The number of nitrogens with zero attached hydrogens (tertiary/aromatic N) is 1. The van der Waals surface area contributed by atoms with E-state index in [0.29, 0.717) is 0 Å². The van der Waals surface area contributed by atoms with E-state index in [1.54, 1.807) is 0 Å². The summed E-state index contributed by atoms with van der Waals surface area (Å²) in [6.07, 6.45) is 2.00. The molecule has 0 heterocycles. The van der Waals surface area contributed by atoms with Gasteiger partial charge in [-0.15, -0.1) is 0 Å². The van der Waals surface area contributed by atoms with E-state index in [0.717, 1.165) is 41.5 Å². The van der Waals surface area contributed by atoms with Gasteiger partial charge < -0.3 is 4.90 Å². The molecule has 0 aliphatic heterocycles. The number of carbonyl (C=O) groups excluding carboxylic acids is 1. The Morgan fingerprint density at radius 1 is 1.18 bits per heavy atom. The fourth-order valence-electron chi connectivity index (χ4n) is 1.90. The van der Waals surface area contributed by atoms with Gasteiger partial charge in [-0.1, -0.05) is 29.8 Å². The lowest BCUT2D eigenvalue weighted by atomic mass is 10.1. The Labute approximate surface area is 112 Å². The zero-order valence-electron chi connectivity index (χ0n) is 10.8. The molecule has 0 aliphatic carbocycles. The second-order valence-corrected chi connectivity index (χ2v) is 5.23. The molecule has 0 aromatic heterocycles. The van der Waals surface area contributed by atoms with Gasteiger partial charge in [-0.25, -0.2) is 0 Å². The minimum Gasteiger partial charge on any atom is -0.339 e. The van der Waals surface area contributed by atoms with E-state index in [4.69, 9.17) is 0 Å². The predicted octanol–water partition coefficient (Wildman–Crippen LogP) is 4.02. The molecule has 0 fully saturated rings. The van der Waals surface area contributed by atoms with Crippen molar-refractivity contribution in [1.29, 1.82) is 0 Å². The minimum atomic E-state index is 0.137. The second-order valence-electron chi connectivity index (χ2n) is 4.31. The van der Waals surface area contributed by atoms with Gasteiger partial charge in [-0.05, 0) is 43.5 Å². The molecule has 1 amide bonds. The van der Waals surface area contributed by atoms with Crippen LogP contribution in [0.2, 0.25) is 0 Å². The predicted molar refractivity (Wildman–Crippen MR) is 75.4 cm³/mol. The Balaban J connectivity index is 2.92. The van der Waals surface area contributed by atoms with Crippen molar-refractivity contribution < 1.29 is 4.79 Å². The third kappa shape index (κ3) is 4.15. The molecule has 1 rings (SSSR count). The molecular formula is C14H20BrNO. The van der Waals surface area contributed by atoms with E-state index in [2.05, 4.69) is 29.8 Å². The Morgan fingerprint density at radius 3 is 2.24 bits per heavy atom. The lowest BCUT2D eigenvalue weighted by molar-refractivity contribution is 0.0755. The van der Waals surface area contributed by atoms with Crippen molar-refractivity contribution in [2.75, 3.05) is 13.1 Å². The summed E-state index contributed by atoms with van der Waals surface area (Å²) in [6.45, 7) is 7.87. The van der Waals surface area contributed by atoms with Gasteiger partial charge in [0.05, 0.1) is 0 Å². The van der Waals surface area contributed by atoms with Crippen LogP contribution in [0.5, 0.6) is 0 Å². The Bertz CT molecular complexity index is 364. The lowest BCUT2D eigenvalue weighted by Crippen LogP contribution is -2.32. The van der Waals surface area contributed by atoms with E-state index in [-0.39, 0.29) is 5.91 Å². The molecule has 0 saturated heterocycles. The molecule has 1 aromatic rings. The maximum Gasteiger partial charge on any atom is 0.253 e. The average Bonchev–Trinajstić information content (AvgIpc) is 2.26. The van der Waals surface area contributed by atoms with Crippen LogP contribution in [0.25, 0.3) is 0 Å². The fraction of sp³-hybridized carbons (Fsp3) is 0.500. The number of rotatable bonds is 5. The summed E-state index contributed by atoms with van der Waals surface area (Å²) in [7, 11) is 0. The molecule has 3 heteroatoms. The van der Waals surface area contributed by atoms with Crippen molar-refractivity contribution in [2.24, 2.45) is 0 Å². The normalized spacial score (nSPS) is 10.4. The first kappa shape index (κ1) is 14.2. The monoisotopic (exact) mass is 297 g/mol. The molecule has 1 aromatic carbocycles. The van der Waals surface area contributed by atoms with Crippen molar-refractivity contribution in [1.82, 2.24) is 4.90 Å². The number of aryl methyl sites for hydroxylation is 1. The largest absolute Gasteiger partial charge is 0.339 e. The van der Waals surface area contributed by atoms with E-state index in [1.807, 2.05) is 30.0 Å². The molecule has 0 bridgehead atoms. The molecule has 0 radical (unpaired) electrons.